The molecule has 5 amide bonds. The van der Waals surface area contributed by atoms with Crippen molar-refractivity contribution in [3.8, 4) is 18.2 Å². The second-order valence-corrected chi connectivity index (χ2v) is 25.0. The molecule has 41 heteroatoms. The Kier molecular flexibility index (Phi) is 43.4. The van der Waals surface area contributed by atoms with Crippen molar-refractivity contribution in [3.05, 3.63) is 173 Å². The molecule has 37 nitrogen and oxygen atoms in total. The number of nitrogen functional groups attached to an aromatic ring is 1. The third-order valence-corrected chi connectivity index (χ3v) is 14.4. The number of fused-ring (bicyclic) bond motifs is 3. The van der Waals surface area contributed by atoms with E-state index < -0.39 is 65.6 Å². The second kappa shape index (κ2) is 50.0. The summed E-state index contributed by atoms with van der Waals surface area (Å²) in [6.07, 6.45) is 10.3. The van der Waals surface area contributed by atoms with E-state index >= 15 is 0 Å². The summed E-state index contributed by atoms with van der Waals surface area (Å²) in [5.41, 5.74) is 42.2. The van der Waals surface area contributed by atoms with E-state index in [2.05, 4.69) is 81.4 Å². The molecule has 0 unspecified atom stereocenters. The zero-order chi connectivity index (χ0) is 83.8. The first kappa shape index (κ1) is 97.2. The quantitative estimate of drug-likeness (QED) is 0.0205. The van der Waals surface area contributed by atoms with Gasteiger partial charge in [0.25, 0.3) is 17.8 Å². The number of rotatable bonds is 19. The fourth-order valence-electron chi connectivity index (χ4n) is 8.43. The number of benzene rings is 3. The molecule has 23 N–H and O–H groups in total. The van der Waals surface area contributed by atoms with Crippen LogP contribution in [0.4, 0.5) is 46.2 Å². The Balaban J connectivity index is 0.000000687. The van der Waals surface area contributed by atoms with Gasteiger partial charge in [0.15, 0.2) is 44.7 Å². The molecule has 0 aliphatic rings. The van der Waals surface area contributed by atoms with E-state index in [-0.39, 0.29) is 94.0 Å². The van der Waals surface area contributed by atoms with Crippen LogP contribution in [0.5, 0.6) is 0 Å². The van der Waals surface area contributed by atoms with Gasteiger partial charge in [-0.1, -0.05) is 145 Å². The van der Waals surface area contributed by atoms with E-state index in [1.807, 2.05) is 152 Å². The third-order valence-electron chi connectivity index (χ3n) is 13.7. The Labute approximate surface area is 671 Å². The predicted molar refractivity (Wildman–Crippen MR) is 420 cm³/mol. The summed E-state index contributed by atoms with van der Waals surface area (Å²) in [6.45, 7) is 17.0. The maximum Gasteiger partial charge on any atom is 0.300 e. The number of aliphatic carboxylic acids is 2. The summed E-state index contributed by atoms with van der Waals surface area (Å²) < 4.78 is 0. The summed E-state index contributed by atoms with van der Waals surface area (Å²) in [5.74, 6) is -2.86. The van der Waals surface area contributed by atoms with Crippen LogP contribution in [0.2, 0.25) is 15.5 Å². The fourth-order valence-corrected chi connectivity index (χ4v) is 8.97. The summed E-state index contributed by atoms with van der Waals surface area (Å²) in [6, 6.07) is 32.2. The number of amides is 5. The van der Waals surface area contributed by atoms with Crippen LogP contribution in [0, 0.1) is 57.7 Å². The van der Waals surface area contributed by atoms with Crippen molar-refractivity contribution in [2.45, 2.75) is 93.4 Å². The number of primary amides is 5. The van der Waals surface area contributed by atoms with Crippen LogP contribution in [0.25, 0.3) is 32.7 Å². The molecule has 0 saturated heterocycles. The molecule has 0 fully saturated rings. The standard InChI is InChI=1S/C19H21N7O2.C19H19N7O.C10H12ClN5O.C9H8N2.C5HCl2N3.C5H12N2O.2C2H4O2.H2O2.Pd/c1-10(2)15(17(20)27)25-14-9-23-16(18(21)28)19(26-14)24-12-7-11-5-3-4-6-13(11)22-8-12;1-11(2)17(18(21)27)25-16-10-23-15(8-20)19(26-16)24-13-7-12-5-3-4-6-14(12)22-9-13;1-5(2)8(10(13)17)15-7-4-14-6(3-12)9(11)16-7;10-8-5-7-3-1-2-4-9(7)11-6-8;6-4-2-9-3(1-8)5(7)10-4;1-3(2)4(6)5(7)8;2*1-2(3)4;1-2;/h3-10,15H,1-2H3,(H2,20,27)(H2,21,28)(H2,24,25,26);3-7,9-11,17H,1-2H3,(H2,21,27)(H2,24,25,26);4-5,8H,1-2H3,(H2,13,17)(H,15,16);1-6H,10H2;2H;3-4H,6H2,1-2H3,(H2,7,8);2*1H3,(H,3,4);1-2H;/t15-;17-;8-;;;4-;;;;/m111..1..../s1. The number of hydrogen-bond acceptors (Lipinski definition) is 30. The summed E-state index contributed by atoms with van der Waals surface area (Å²) in [7, 11) is 0. The van der Waals surface area contributed by atoms with Gasteiger partial charge in [-0.25, -0.2) is 39.9 Å². The molecule has 0 aliphatic heterocycles. The largest absolute Gasteiger partial charge is 0.481 e. The van der Waals surface area contributed by atoms with E-state index in [1.165, 1.54) is 24.8 Å². The SMILES string of the molecule is CC(=O)O.CC(=O)O.CC(C)[C@@H](N)C(N)=O.CC(C)[C@@H](Nc1cnc(C#N)c(Cl)n1)C(N)=O.CC(C)[C@@H](Nc1cnc(C#N)c(Nc2cnc3ccccc3c2)n1)C(N)=O.CC(C)[C@@H](Nc1cnc(C(N)=O)c(Nc2cnc3ccccc3c2)n1)C(N)=O.N#Cc1ncc(Cl)nc1Cl.Nc1cnc2ccccc2c1.OO.[Pd]. The third kappa shape index (κ3) is 34.6. The van der Waals surface area contributed by atoms with Gasteiger partial charge in [-0.05, 0) is 60.1 Å². The minimum absolute atomic E-state index is 0. The van der Waals surface area contributed by atoms with E-state index in [4.69, 9.17) is 116 Å². The molecule has 10 aromatic rings. The maximum absolute atomic E-state index is 11.7. The summed E-state index contributed by atoms with van der Waals surface area (Å²) >= 11 is 16.6. The Bertz CT molecular complexity index is 4920. The van der Waals surface area contributed by atoms with Crippen molar-refractivity contribution in [3.63, 3.8) is 0 Å². The molecule has 7 heterocycles. The first-order valence-electron chi connectivity index (χ1n) is 32.5. The number of aromatic nitrogens is 11. The number of anilines is 8. The Morgan fingerprint density at radius 2 is 0.768 bits per heavy atom. The van der Waals surface area contributed by atoms with Crippen molar-refractivity contribution in [1.29, 1.82) is 15.8 Å². The van der Waals surface area contributed by atoms with E-state index in [0.29, 0.717) is 34.5 Å². The zero-order valence-corrected chi connectivity index (χ0v) is 65.5. The van der Waals surface area contributed by atoms with Gasteiger partial charge in [0.1, 0.15) is 58.9 Å². The van der Waals surface area contributed by atoms with Crippen molar-refractivity contribution in [2.75, 3.05) is 32.3 Å². The van der Waals surface area contributed by atoms with Gasteiger partial charge in [-0.15, -0.1) is 0 Å². The minimum atomic E-state index is -0.833. The van der Waals surface area contributed by atoms with Gasteiger partial charge in [0.2, 0.25) is 23.6 Å². The van der Waals surface area contributed by atoms with E-state index in [0.717, 1.165) is 46.6 Å². The van der Waals surface area contributed by atoms with Crippen LogP contribution in [-0.2, 0) is 49.2 Å². The molecule has 594 valence electrons. The van der Waals surface area contributed by atoms with Crippen molar-refractivity contribution in [2.24, 2.45) is 58.1 Å². The van der Waals surface area contributed by atoms with E-state index in [1.54, 1.807) is 30.7 Å². The average Bonchev–Trinajstić information content (AvgIpc) is 0.820. The molecule has 4 atom stereocenters. The number of nitrogens with two attached hydrogens (primary N) is 7. The van der Waals surface area contributed by atoms with Crippen molar-refractivity contribution >= 4 is 155 Å². The van der Waals surface area contributed by atoms with Crippen LogP contribution < -0.4 is 66.7 Å². The number of nitriles is 3. The molecular formula is C71H83Cl3N26O11Pd. The smallest absolute Gasteiger partial charge is 0.300 e. The van der Waals surface area contributed by atoms with Crippen molar-refractivity contribution in [1.82, 2.24) is 54.8 Å². The molecule has 7 aromatic heterocycles. The minimum Gasteiger partial charge on any atom is -0.481 e. The Morgan fingerprint density at radius 3 is 1.11 bits per heavy atom. The number of nitrogens with one attached hydrogen (secondary N) is 5. The zero-order valence-electron chi connectivity index (χ0n) is 61.7. The predicted octanol–water partition coefficient (Wildman–Crippen LogP) is 8.40. The molecular weight excluding hydrogens is 1610 g/mol. The topological polar surface area (TPSA) is 656 Å². The number of carboxylic acid groups (broad SMARTS) is 2. The monoisotopic (exact) mass is 1690 g/mol. The van der Waals surface area contributed by atoms with Gasteiger partial charge in [0.05, 0.1) is 83.0 Å². The molecule has 10 rings (SSSR count). The molecule has 3 aromatic carbocycles. The number of carbonyl (C=O) groups excluding carboxylic acids is 5. The number of nitrogens with zero attached hydrogens (tertiary/aromatic N) is 14. The number of carbonyl (C=O) groups is 7. The molecule has 0 spiro atoms. The van der Waals surface area contributed by atoms with Gasteiger partial charge in [-0.2, -0.15) is 15.8 Å². The summed E-state index contributed by atoms with van der Waals surface area (Å²) in [4.78, 5) is 119. The Morgan fingerprint density at radius 1 is 0.438 bits per heavy atom. The normalized spacial score (nSPS) is 10.9. The second-order valence-electron chi connectivity index (χ2n) is 23.9. The van der Waals surface area contributed by atoms with E-state index in [9.17, 15) is 29.2 Å². The van der Waals surface area contributed by atoms with Crippen LogP contribution in [0.1, 0.15) is 96.8 Å². The molecule has 0 radical (unpaired) electrons. The molecule has 112 heavy (non-hydrogen) atoms. The first-order valence-corrected chi connectivity index (χ1v) is 33.6. The average molecular weight is 1690 g/mol. The van der Waals surface area contributed by atoms with Crippen molar-refractivity contribution < 1.29 is 74.7 Å². The van der Waals surface area contributed by atoms with Gasteiger partial charge in [0, 0.05) is 50.4 Å². The van der Waals surface area contributed by atoms with Crippen LogP contribution in [0.15, 0.2) is 134 Å². The molecule has 0 bridgehead atoms. The molecule has 0 aliphatic carbocycles. The first-order chi connectivity index (χ1) is 52.4. The van der Waals surface area contributed by atoms with Crippen LogP contribution in [0.3, 0.4) is 0 Å². The number of para-hydroxylation sites is 3. The molecule has 0 saturated carbocycles. The summed E-state index contributed by atoms with van der Waals surface area (Å²) in [5, 5.41) is 71.1. The number of halogens is 3. The Hall–Kier alpha value is -12.8. The van der Waals surface area contributed by atoms with Gasteiger partial charge in [-0.3, -0.25) is 59.0 Å². The van der Waals surface area contributed by atoms with Gasteiger partial charge >= 0.3 is 0 Å². The maximum atomic E-state index is 11.7. The van der Waals surface area contributed by atoms with Crippen LogP contribution >= 0.6 is 34.8 Å². The number of hydrogen-bond donors (Lipinski definition) is 16. The number of pyridine rings is 3. The van der Waals surface area contributed by atoms with Crippen LogP contribution in [-0.4, -0.2) is 141 Å². The fraction of sp³-hybridized carbons (Fsp3) is 0.254. The van der Waals surface area contributed by atoms with Gasteiger partial charge < -0.3 is 76.9 Å². The number of carboxylic acids is 2.